The van der Waals surface area contributed by atoms with E-state index < -0.39 is 0 Å². The highest BCUT2D eigenvalue weighted by Gasteiger charge is 2.29. The SMILES string of the molecule is NC(=O)C1CNCCN1CC1CCCCO1. The number of rotatable bonds is 3. The summed E-state index contributed by atoms with van der Waals surface area (Å²) in [7, 11) is 0. The molecule has 2 atom stereocenters. The monoisotopic (exact) mass is 227 g/mol. The molecule has 2 fully saturated rings. The maximum absolute atomic E-state index is 11.3. The summed E-state index contributed by atoms with van der Waals surface area (Å²) in [5, 5.41) is 3.20. The molecule has 2 aliphatic rings. The molecule has 3 N–H and O–H groups in total. The largest absolute Gasteiger partial charge is 0.377 e. The average Bonchev–Trinajstić information content (AvgIpc) is 2.31. The first kappa shape index (κ1) is 11.8. The number of carbonyl (C=O) groups excluding carboxylic acids is 1. The van der Waals surface area contributed by atoms with Gasteiger partial charge >= 0.3 is 0 Å². The molecule has 0 aromatic heterocycles. The van der Waals surface area contributed by atoms with Gasteiger partial charge < -0.3 is 15.8 Å². The Hall–Kier alpha value is -0.650. The van der Waals surface area contributed by atoms with Crippen molar-refractivity contribution in [3.8, 4) is 0 Å². The van der Waals surface area contributed by atoms with Crippen LogP contribution in [0.15, 0.2) is 0 Å². The van der Waals surface area contributed by atoms with Crippen LogP contribution in [0.1, 0.15) is 19.3 Å². The summed E-state index contributed by atoms with van der Waals surface area (Å²) in [6, 6.07) is -0.167. The van der Waals surface area contributed by atoms with Gasteiger partial charge in [-0.2, -0.15) is 0 Å². The molecule has 2 heterocycles. The van der Waals surface area contributed by atoms with Crippen LogP contribution in [0.25, 0.3) is 0 Å². The molecule has 1 amide bonds. The third-order valence-electron chi connectivity index (χ3n) is 3.39. The van der Waals surface area contributed by atoms with Crippen molar-refractivity contribution in [3.63, 3.8) is 0 Å². The fraction of sp³-hybridized carbons (Fsp3) is 0.909. The van der Waals surface area contributed by atoms with Gasteiger partial charge in [-0.15, -0.1) is 0 Å². The van der Waals surface area contributed by atoms with Crippen LogP contribution < -0.4 is 11.1 Å². The van der Waals surface area contributed by atoms with Gasteiger partial charge in [-0.25, -0.2) is 0 Å². The fourth-order valence-electron chi connectivity index (χ4n) is 2.46. The van der Waals surface area contributed by atoms with E-state index in [0.717, 1.165) is 39.1 Å². The summed E-state index contributed by atoms with van der Waals surface area (Å²) in [6.07, 6.45) is 3.79. The van der Waals surface area contributed by atoms with Crippen LogP contribution in [0.4, 0.5) is 0 Å². The molecular formula is C11H21N3O2. The molecule has 0 saturated carbocycles. The molecule has 2 rings (SSSR count). The Kier molecular flexibility index (Phi) is 4.15. The van der Waals surface area contributed by atoms with Crippen molar-refractivity contribution in [3.05, 3.63) is 0 Å². The molecule has 0 aromatic carbocycles. The lowest BCUT2D eigenvalue weighted by atomic mass is 10.1. The van der Waals surface area contributed by atoms with Crippen molar-refractivity contribution in [2.75, 3.05) is 32.8 Å². The molecule has 92 valence electrons. The number of ether oxygens (including phenoxy) is 1. The van der Waals surface area contributed by atoms with Crippen LogP contribution in [0.5, 0.6) is 0 Å². The highest BCUT2D eigenvalue weighted by Crippen LogP contribution is 2.15. The Morgan fingerprint density at radius 2 is 2.38 bits per heavy atom. The molecule has 0 bridgehead atoms. The highest BCUT2D eigenvalue weighted by molar-refractivity contribution is 5.80. The Bertz CT molecular complexity index is 241. The smallest absolute Gasteiger partial charge is 0.236 e. The standard InChI is InChI=1S/C11H21N3O2/c12-11(15)10-7-13-4-5-14(10)8-9-3-1-2-6-16-9/h9-10,13H,1-8H2,(H2,12,15). The van der Waals surface area contributed by atoms with Crippen molar-refractivity contribution in [1.29, 1.82) is 0 Å². The van der Waals surface area contributed by atoms with E-state index in [0.29, 0.717) is 6.54 Å². The molecule has 5 nitrogen and oxygen atoms in total. The Morgan fingerprint density at radius 1 is 1.50 bits per heavy atom. The number of nitrogens with one attached hydrogen (secondary N) is 1. The number of piperazine rings is 1. The number of primary amides is 1. The van der Waals surface area contributed by atoms with Crippen LogP contribution in [-0.2, 0) is 9.53 Å². The van der Waals surface area contributed by atoms with Crippen LogP contribution in [0.2, 0.25) is 0 Å². The summed E-state index contributed by atoms with van der Waals surface area (Å²) in [4.78, 5) is 13.5. The van der Waals surface area contributed by atoms with E-state index in [1.54, 1.807) is 0 Å². The molecule has 2 saturated heterocycles. The first-order chi connectivity index (χ1) is 7.77. The lowest BCUT2D eigenvalue weighted by Crippen LogP contribution is -2.58. The summed E-state index contributed by atoms with van der Waals surface area (Å²) >= 11 is 0. The predicted molar refractivity (Wildman–Crippen MR) is 61.0 cm³/mol. The quantitative estimate of drug-likeness (QED) is 0.670. The van der Waals surface area contributed by atoms with Crippen LogP contribution in [0, 0.1) is 0 Å². The predicted octanol–water partition coefficient (Wildman–Crippen LogP) is -0.685. The molecule has 0 aliphatic carbocycles. The molecule has 2 unspecified atom stereocenters. The van der Waals surface area contributed by atoms with Gasteiger partial charge in [0.2, 0.25) is 5.91 Å². The van der Waals surface area contributed by atoms with Crippen LogP contribution in [0.3, 0.4) is 0 Å². The Labute approximate surface area is 96.3 Å². The molecule has 0 spiro atoms. The van der Waals surface area contributed by atoms with Crippen LogP contribution >= 0.6 is 0 Å². The molecule has 2 aliphatic heterocycles. The number of nitrogens with zero attached hydrogens (tertiary/aromatic N) is 1. The lowest BCUT2D eigenvalue weighted by molar-refractivity contribution is -0.125. The van der Waals surface area contributed by atoms with E-state index in [4.69, 9.17) is 10.5 Å². The van der Waals surface area contributed by atoms with E-state index in [-0.39, 0.29) is 18.1 Å². The first-order valence-corrected chi connectivity index (χ1v) is 6.13. The van der Waals surface area contributed by atoms with Gasteiger partial charge in [0.25, 0.3) is 0 Å². The normalized spacial score (nSPS) is 32.5. The van der Waals surface area contributed by atoms with E-state index in [1.807, 2.05) is 0 Å². The third kappa shape index (κ3) is 2.93. The summed E-state index contributed by atoms with van der Waals surface area (Å²) < 4.78 is 5.69. The number of hydrogen-bond acceptors (Lipinski definition) is 4. The first-order valence-electron chi connectivity index (χ1n) is 6.13. The topological polar surface area (TPSA) is 67.6 Å². The zero-order valence-corrected chi connectivity index (χ0v) is 9.65. The van der Waals surface area contributed by atoms with Gasteiger partial charge in [0.05, 0.1) is 6.10 Å². The molecule has 16 heavy (non-hydrogen) atoms. The number of nitrogens with two attached hydrogens (primary N) is 1. The van der Waals surface area contributed by atoms with Gasteiger partial charge in [0.1, 0.15) is 6.04 Å². The zero-order chi connectivity index (χ0) is 11.4. The van der Waals surface area contributed by atoms with Crippen LogP contribution in [-0.4, -0.2) is 55.7 Å². The summed E-state index contributed by atoms with van der Waals surface area (Å²) in [5.74, 6) is -0.233. The van der Waals surface area contributed by atoms with E-state index >= 15 is 0 Å². The molecule has 0 radical (unpaired) electrons. The number of amides is 1. The summed E-state index contributed by atoms with van der Waals surface area (Å²) in [6.45, 7) is 4.18. The lowest BCUT2D eigenvalue weighted by Gasteiger charge is -2.37. The van der Waals surface area contributed by atoms with Crippen molar-refractivity contribution in [1.82, 2.24) is 10.2 Å². The van der Waals surface area contributed by atoms with Crippen molar-refractivity contribution in [2.24, 2.45) is 5.73 Å². The Morgan fingerprint density at radius 3 is 3.06 bits per heavy atom. The van der Waals surface area contributed by atoms with Gasteiger partial charge in [-0.1, -0.05) is 0 Å². The zero-order valence-electron chi connectivity index (χ0n) is 9.65. The highest BCUT2D eigenvalue weighted by atomic mass is 16.5. The molecule has 0 aromatic rings. The van der Waals surface area contributed by atoms with E-state index in [2.05, 4.69) is 10.2 Å². The van der Waals surface area contributed by atoms with Gasteiger partial charge in [-0.05, 0) is 19.3 Å². The molecule has 5 heteroatoms. The average molecular weight is 227 g/mol. The summed E-state index contributed by atoms with van der Waals surface area (Å²) in [5.41, 5.74) is 5.40. The second-order valence-electron chi connectivity index (χ2n) is 4.61. The number of hydrogen-bond donors (Lipinski definition) is 2. The van der Waals surface area contributed by atoms with Crippen molar-refractivity contribution < 1.29 is 9.53 Å². The molecular weight excluding hydrogens is 206 g/mol. The Balaban J connectivity index is 1.87. The second-order valence-corrected chi connectivity index (χ2v) is 4.61. The van der Waals surface area contributed by atoms with E-state index in [9.17, 15) is 4.79 Å². The van der Waals surface area contributed by atoms with Crippen molar-refractivity contribution >= 4 is 5.91 Å². The third-order valence-corrected chi connectivity index (χ3v) is 3.39. The van der Waals surface area contributed by atoms with E-state index in [1.165, 1.54) is 6.42 Å². The maximum atomic E-state index is 11.3. The van der Waals surface area contributed by atoms with Gasteiger partial charge in [0, 0.05) is 32.8 Å². The minimum atomic E-state index is -0.233. The van der Waals surface area contributed by atoms with Gasteiger partial charge in [-0.3, -0.25) is 9.69 Å². The fourth-order valence-corrected chi connectivity index (χ4v) is 2.46. The second kappa shape index (κ2) is 5.61. The minimum absolute atomic E-state index is 0.167. The van der Waals surface area contributed by atoms with Gasteiger partial charge in [0.15, 0.2) is 0 Å². The van der Waals surface area contributed by atoms with Crippen molar-refractivity contribution in [2.45, 2.75) is 31.4 Å². The minimum Gasteiger partial charge on any atom is -0.377 e. The maximum Gasteiger partial charge on any atom is 0.236 e. The number of carbonyl (C=O) groups is 1.